The maximum Gasteiger partial charge on any atom is 0.0398 e. The average molecular weight is 160 g/mol. The first kappa shape index (κ1) is 8.49. The lowest BCUT2D eigenvalue weighted by Crippen LogP contribution is -2.10. The van der Waals surface area contributed by atoms with Gasteiger partial charge in [0.15, 0.2) is 0 Å². The van der Waals surface area contributed by atoms with Gasteiger partial charge in [-0.1, -0.05) is 19.3 Å². The van der Waals surface area contributed by atoms with Gasteiger partial charge in [0.25, 0.3) is 0 Å². The van der Waals surface area contributed by atoms with Gasteiger partial charge in [-0.3, -0.25) is 0 Å². The van der Waals surface area contributed by atoms with E-state index in [2.05, 4.69) is 6.66 Å². The van der Waals surface area contributed by atoms with E-state index in [4.69, 9.17) is 4.52 Å². The van der Waals surface area contributed by atoms with Crippen LogP contribution in [0.3, 0.4) is 0 Å². The smallest absolute Gasteiger partial charge is 0.0398 e. The van der Waals surface area contributed by atoms with E-state index in [1.54, 1.807) is 0 Å². The molecule has 1 saturated carbocycles. The second kappa shape index (κ2) is 4.31. The molecule has 0 N–H and O–H groups in total. The lowest BCUT2D eigenvalue weighted by Gasteiger charge is -2.25. The molecular weight excluding hydrogens is 143 g/mol. The van der Waals surface area contributed by atoms with Crippen molar-refractivity contribution in [1.82, 2.24) is 0 Å². The van der Waals surface area contributed by atoms with Crippen LogP contribution in [-0.4, -0.2) is 19.4 Å². The summed E-state index contributed by atoms with van der Waals surface area (Å²) in [5, 5.41) is 0. The lowest BCUT2D eigenvalue weighted by molar-refractivity contribution is 0.428. The van der Waals surface area contributed by atoms with Crippen molar-refractivity contribution in [2.45, 2.75) is 37.8 Å². The van der Waals surface area contributed by atoms with Gasteiger partial charge in [-0.15, -0.1) is 0 Å². The van der Waals surface area contributed by atoms with Crippen LogP contribution < -0.4 is 0 Å². The maximum absolute atomic E-state index is 5.35. The van der Waals surface area contributed by atoms with Crippen molar-refractivity contribution in [1.29, 1.82) is 0 Å². The van der Waals surface area contributed by atoms with Crippen molar-refractivity contribution < 1.29 is 4.52 Å². The third-order valence-corrected chi connectivity index (χ3v) is 4.50. The molecule has 2 heteroatoms. The summed E-state index contributed by atoms with van der Waals surface area (Å²) in [6, 6.07) is 0. The Morgan fingerprint density at radius 3 is 2.30 bits per heavy atom. The number of rotatable bonds is 2. The van der Waals surface area contributed by atoms with Gasteiger partial charge in [-0.25, -0.2) is 0 Å². The predicted molar refractivity (Wildman–Crippen MR) is 46.7 cm³/mol. The summed E-state index contributed by atoms with van der Waals surface area (Å²) >= 11 is 0. The Bertz CT molecular complexity index is 89.3. The van der Waals surface area contributed by atoms with Gasteiger partial charge in [0.2, 0.25) is 0 Å². The molecule has 1 nitrogen and oxygen atoms in total. The molecule has 10 heavy (non-hydrogen) atoms. The van der Waals surface area contributed by atoms with E-state index in [-0.39, 0.29) is 8.15 Å². The highest BCUT2D eigenvalue weighted by atomic mass is 31.1. The van der Waals surface area contributed by atoms with Crippen LogP contribution in [0, 0.1) is 0 Å². The van der Waals surface area contributed by atoms with E-state index in [1.807, 2.05) is 7.11 Å². The highest BCUT2D eigenvalue weighted by Crippen LogP contribution is 2.44. The summed E-state index contributed by atoms with van der Waals surface area (Å²) in [4.78, 5) is 0. The summed E-state index contributed by atoms with van der Waals surface area (Å²) in [5.74, 6) is 0. The minimum atomic E-state index is -0.0965. The molecule has 0 aromatic carbocycles. The van der Waals surface area contributed by atoms with Crippen molar-refractivity contribution in [3.8, 4) is 0 Å². The molecule has 0 saturated heterocycles. The zero-order valence-electron chi connectivity index (χ0n) is 6.97. The summed E-state index contributed by atoms with van der Waals surface area (Å²) in [5.41, 5.74) is 0.911. The summed E-state index contributed by atoms with van der Waals surface area (Å²) in [6.07, 6.45) is 7.14. The molecule has 0 aromatic heterocycles. The molecule has 0 heterocycles. The van der Waals surface area contributed by atoms with E-state index < -0.39 is 0 Å². The first-order valence-corrected chi connectivity index (χ1v) is 5.89. The highest BCUT2D eigenvalue weighted by Gasteiger charge is 2.19. The standard InChI is InChI=1S/C8H17OP/c1-9-10(2)8-6-4-3-5-7-8/h8H,3-7H2,1-2H3. The molecule has 0 aromatic rings. The molecule has 1 aliphatic rings. The average Bonchev–Trinajstić information content (AvgIpc) is 2.05. The van der Waals surface area contributed by atoms with Crippen LogP contribution >= 0.6 is 8.15 Å². The van der Waals surface area contributed by atoms with Crippen LogP contribution in [0.15, 0.2) is 0 Å². The molecule has 60 valence electrons. The van der Waals surface area contributed by atoms with E-state index in [1.165, 1.54) is 32.1 Å². The molecule has 1 unspecified atom stereocenters. The second-order valence-electron chi connectivity index (χ2n) is 3.02. The molecule has 1 rings (SSSR count). The van der Waals surface area contributed by atoms with Gasteiger partial charge in [0.05, 0.1) is 0 Å². The van der Waals surface area contributed by atoms with Gasteiger partial charge in [-0.2, -0.15) is 0 Å². The predicted octanol–water partition coefficient (Wildman–Crippen LogP) is 2.99. The highest BCUT2D eigenvalue weighted by molar-refractivity contribution is 7.52. The van der Waals surface area contributed by atoms with Crippen LogP contribution in [0.1, 0.15) is 32.1 Å². The third-order valence-electron chi connectivity index (χ3n) is 2.38. The fourth-order valence-corrected chi connectivity index (χ4v) is 2.98. The largest absolute Gasteiger partial charge is 0.362 e. The molecule has 0 amide bonds. The molecule has 0 radical (unpaired) electrons. The van der Waals surface area contributed by atoms with Crippen LogP contribution in [0.2, 0.25) is 0 Å². The van der Waals surface area contributed by atoms with E-state index in [9.17, 15) is 0 Å². The zero-order chi connectivity index (χ0) is 7.40. The summed E-state index contributed by atoms with van der Waals surface area (Å²) in [6.45, 7) is 2.26. The Balaban J connectivity index is 2.24. The maximum atomic E-state index is 5.35. The Morgan fingerprint density at radius 2 is 1.80 bits per heavy atom. The van der Waals surface area contributed by atoms with Crippen molar-refractivity contribution in [3.63, 3.8) is 0 Å². The van der Waals surface area contributed by atoms with Crippen molar-refractivity contribution >= 4 is 8.15 Å². The van der Waals surface area contributed by atoms with Crippen molar-refractivity contribution in [3.05, 3.63) is 0 Å². The number of hydrogen-bond donors (Lipinski definition) is 0. The molecule has 0 bridgehead atoms. The summed E-state index contributed by atoms with van der Waals surface area (Å²) < 4.78 is 5.35. The van der Waals surface area contributed by atoms with Gasteiger partial charge in [-0.05, 0) is 19.5 Å². The Labute approximate surface area is 65.0 Å². The molecule has 1 aliphatic carbocycles. The fourth-order valence-electron chi connectivity index (χ4n) is 1.59. The Kier molecular flexibility index (Phi) is 3.65. The molecular formula is C8H17OP. The fraction of sp³-hybridized carbons (Fsp3) is 1.00. The monoisotopic (exact) mass is 160 g/mol. The van der Waals surface area contributed by atoms with Gasteiger partial charge in [0.1, 0.15) is 0 Å². The molecule has 0 aliphatic heterocycles. The summed E-state index contributed by atoms with van der Waals surface area (Å²) in [7, 11) is 1.75. The van der Waals surface area contributed by atoms with Crippen molar-refractivity contribution in [2.24, 2.45) is 0 Å². The SMILES string of the molecule is COP(C)C1CCCCC1. The van der Waals surface area contributed by atoms with E-state index in [0.717, 1.165) is 5.66 Å². The van der Waals surface area contributed by atoms with Gasteiger partial charge < -0.3 is 4.52 Å². The van der Waals surface area contributed by atoms with E-state index in [0.29, 0.717) is 0 Å². The van der Waals surface area contributed by atoms with Gasteiger partial charge in [0, 0.05) is 20.9 Å². The second-order valence-corrected chi connectivity index (χ2v) is 5.21. The minimum absolute atomic E-state index is 0.0965. The van der Waals surface area contributed by atoms with Crippen LogP contribution in [0.25, 0.3) is 0 Å². The topological polar surface area (TPSA) is 9.23 Å². The zero-order valence-corrected chi connectivity index (χ0v) is 7.86. The lowest BCUT2D eigenvalue weighted by atomic mass is 10.0. The molecule has 0 spiro atoms. The Morgan fingerprint density at radius 1 is 1.20 bits per heavy atom. The number of hydrogen-bond acceptors (Lipinski definition) is 1. The Hall–Kier alpha value is 0.390. The normalized spacial score (nSPS) is 24.6. The van der Waals surface area contributed by atoms with Crippen LogP contribution in [0.5, 0.6) is 0 Å². The minimum Gasteiger partial charge on any atom is -0.362 e. The van der Waals surface area contributed by atoms with Crippen molar-refractivity contribution in [2.75, 3.05) is 13.8 Å². The molecule has 1 fully saturated rings. The first-order chi connectivity index (χ1) is 4.84. The first-order valence-electron chi connectivity index (χ1n) is 4.11. The van der Waals surface area contributed by atoms with Crippen LogP contribution in [-0.2, 0) is 4.52 Å². The van der Waals surface area contributed by atoms with Crippen LogP contribution in [0.4, 0.5) is 0 Å². The third kappa shape index (κ3) is 2.21. The van der Waals surface area contributed by atoms with E-state index >= 15 is 0 Å². The molecule has 1 atom stereocenters. The quantitative estimate of drug-likeness (QED) is 0.564. The van der Waals surface area contributed by atoms with Gasteiger partial charge >= 0.3 is 0 Å².